The second-order valence-electron chi connectivity index (χ2n) is 2.73. The zero-order valence-electron chi connectivity index (χ0n) is 6.86. The SMILES string of the molecule is Nc1cc(-c2ccccc2O)n[nH]1. The first-order chi connectivity index (χ1) is 6.27. The van der Waals surface area contributed by atoms with E-state index in [1.807, 2.05) is 6.07 Å². The van der Waals surface area contributed by atoms with Gasteiger partial charge in [0.1, 0.15) is 11.6 Å². The number of phenols is 1. The number of hydrogen-bond donors (Lipinski definition) is 3. The number of benzene rings is 1. The number of para-hydroxylation sites is 1. The summed E-state index contributed by atoms with van der Waals surface area (Å²) in [5.41, 5.74) is 6.79. The van der Waals surface area contributed by atoms with Gasteiger partial charge in [0.2, 0.25) is 0 Å². The highest BCUT2D eigenvalue weighted by Crippen LogP contribution is 2.27. The van der Waals surface area contributed by atoms with Gasteiger partial charge in [0, 0.05) is 11.6 Å². The largest absolute Gasteiger partial charge is 0.507 e. The van der Waals surface area contributed by atoms with Crippen molar-refractivity contribution in [2.45, 2.75) is 0 Å². The van der Waals surface area contributed by atoms with Crippen LogP contribution in [0.15, 0.2) is 30.3 Å². The number of rotatable bonds is 1. The van der Waals surface area contributed by atoms with Crippen molar-refractivity contribution in [3.63, 3.8) is 0 Å². The summed E-state index contributed by atoms with van der Waals surface area (Å²) in [5, 5.41) is 16.0. The summed E-state index contributed by atoms with van der Waals surface area (Å²) in [6.45, 7) is 0. The molecule has 0 saturated carbocycles. The molecule has 4 N–H and O–H groups in total. The van der Waals surface area contributed by atoms with Crippen LogP contribution < -0.4 is 5.73 Å². The number of H-pyrrole nitrogens is 1. The highest BCUT2D eigenvalue weighted by molar-refractivity contribution is 5.68. The minimum atomic E-state index is 0.203. The molecule has 0 saturated heterocycles. The van der Waals surface area contributed by atoms with Gasteiger partial charge in [-0.1, -0.05) is 12.1 Å². The molecule has 0 aliphatic carbocycles. The van der Waals surface area contributed by atoms with Crippen LogP contribution in [0.1, 0.15) is 0 Å². The molecular weight excluding hydrogens is 166 g/mol. The lowest BCUT2D eigenvalue weighted by Gasteiger charge is -1.98. The summed E-state index contributed by atoms with van der Waals surface area (Å²) < 4.78 is 0. The molecule has 0 fully saturated rings. The number of hydrogen-bond acceptors (Lipinski definition) is 3. The minimum absolute atomic E-state index is 0.203. The fraction of sp³-hybridized carbons (Fsp3) is 0. The molecular formula is C9H9N3O. The first-order valence-electron chi connectivity index (χ1n) is 3.86. The monoisotopic (exact) mass is 175 g/mol. The number of nitrogen functional groups attached to an aromatic ring is 1. The van der Waals surface area contributed by atoms with Crippen LogP contribution in [0.4, 0.5) is 5.82 Å². The first-order valence-corrected chi connectivity index (χ1v) is 3.86. The molecule has 0 radical (unpaired) electrons. The van der Waals surface area contributed by atoms with E-state index in [4.69, 9.17) is 5.73 Å². The van der Waals surface area contributed by atoms with E-state index in [1.165, 1.54) is 0 Å². The van der Waals surface area contributed by atoms with Crippen molar-refractivity contribution < 1.29 is 5.11 Å². The third-order valence-electron chi connectivity index (χ3n) is 1.78. The Bertz CT molecular complexity index is 422. The fourth-order valence-corrected chi connectivity index (χ4v) is 1.16. The van der Waals surface area contributed by atoms with Crippen LogP contribution in [0.5, 0.6) is 5.75 Å². The molecule has 0 spiro atoms. The standard InChI is InChI=1S/C9H9N3O/c10-9-5-7(11-12-9)6-3-1-2-4-8(6)13/h1-5,13H,(H3,10,11,12). The van der Waals surface area contributed by atoms with Gasteiger partial charge in [-0.3, -0.25) is 5.10 Å². The number of nitrogens with one attached hydrogen (secondary N) is 1. The van der Waals surface area contributed by atoms with E-state index in [2.05, 4.69) is 10.2 Å². The molecule has 1 aromatic carbocycles. The van der Waals surface area contributed by atoms with Crippen molar-refractivity contribution in [2.75, 3.05) is 5.73 Å². The molecule has 0 aliphatic heterocycles. The lowest BCUT2D eigenvalue weighted by Crippen LogP contribution is -1.81. The van der Waals surface area contributed by atoms with Crippen molar-refractivity contribution in [2.24, 2.45) is 0 Å². The number of aromatic amines is 1. The summed E-state index contributed by atoms with van der Waals surface area (Å²) >= 11 is 0. The smallest absolute Gasteiger partial charge is 0.125 e. The van der Waals surface area contributed by atoms with Gasteiger partial charge in [-0.05, 0) is 12.1 Å². The number of aromatic nitrogens is 2. The van der Waals surface area contributed by atoms with Crippen LogP contribution >= 0.6 is 0 Å². The van der Waals surface area contributed by atoms with Crippen LogP contribution in [0.25, 0.3) is 11.3 Å². The molecule has 2 rings (SSSR count). The number of nitrogens with zero attached hydrogens (tertiary/aromatic N) is 1. The number of nitrogens with two attached hydrogens (primary N) is 1. The molecule has 66 valence electrons. The second-order valence-corrected chi connectivity index (χ2v) is 2.73. The Morgan fingerprint density at radius 1 is 1.31 bits per heavy atom. The number of phenolic OH excluding ortho intramolecular Hbond substituents is 1. The van der Waals surface area contributed by atoms with Crippen LogP contribution in [0.2, 0.25) is 0 Å². The lowest BCUT2D eigenvalue weighted by atomic mass is 10.1. The molecule has 4 nitrogen and oxygen atoms in total. The molecule has 4 heteroatoms. The van der Waals surface area contributed by atoms with Crippen molar-refractivity contribution in [3.05, 3.63) is 30.3 Å². The fourth-order valence-electron chi connectivity index (χ4n) is 1.16. The van der Waals surface area contributed by atoms with E-state index >= 15 is 0 Å². The molecule has 1 aromatic heterocycles. The maximum Gasteiger partial charge on any atom is 0.125 e. The van der Waals surface area contributed by atoms with Crippen LogP contribution in [-0.4, -0.2) is 15.3 Å². The third kappa shape index (κ3) is 1.33. The Morgan fingerprint density at radius 3 is 2.69 bits per heavy atom. The molecule has 13 heavy (non-hydrogen) atoms. The Kier molecular flexibility index (Phi) is 1.66. The molecule has 0 atom stereocenters. The number of aromatic hydroxyl groups is 1. The van der Waals surface area contributed by atoms with Crippen LogP contribution in [0.3, 0.4) is 0 Å². The summed E-state index contributed by atoms with van der Waals surface area (Å²) in [7, 11) is 0. The van der Waals surface area contributed by atoms with Gasteiger partial charge >= 0.3 is 0 Å². The molecule has 0 amide bonds. The minimum Gasteiger partial charge on any atom is -0.507 e. The Hall–Kier alpha value is -1.97. The van der Waals surface area contributed by atoms with E-state index in [1.54, 1.807) is 24.3 Å². The van der Waals surface area contributed by atoms with E-state index < -0.39 is 0 Å². The predicted octanol–water partition coefficient (Wildman–Crippen LogP) is 1.36. The zero-order chi connectivity index (χ0) is 9.26. The van der Waals surface area contributed by atoms with E-state index in [0.717, 1.165) is 0 Å². The Labute approximate surface area is 75.0 Å². The average molecular weight is 175 g/mol. The third-order valence-corrected chi connectivity index (χ3v) is 1.78. The van der Waals surface area contributed by atoms with Crippen LogP contribution in [-0.2, 0) is 0 Å². The highest BCUT2D eigenvalue weighted by Gasteiger charge is 2.05. The van der Waals surface area contributed by atoms with Gasteiger partial charge in [-0.2, -0.15) is 5.10 Å². The average Bonchev–Trinajstić information content (AvgIpc) is 2.53. The molecule has 0 bridgehead atoms. The van der Waals surface area contributed by atoms with E-state index in [0.29, 0.717) is 17.1 Å². The van der Waals surface area contributed by atoms with Crippen molar-refractivity contribution in [1.29, 1.82) is 0 Å². The van der Waals surface area contributed by atoms with Crippen molar-refractivity contribution in [1.82, 2.24) is 10.2 Å². The molecule has 0 aliphatic rings. The van der Waals surface area contributed by atoms with Crippen molar-refractivity contribution in [3.8, 4) is 17.0 Å². The zero-order valence-corrected chi connectivity index (χ0v) is 6.86. The maximum atomic E-state index is 9.48. The lowest BCUT2D eigenvalue weighted by molar-refractivity contribution is 0.477. The summed E-state index contributed by atoms with van der Waals surface area (Å²) in [5.74, 6) is 0.687. The van der Waals surface area contributed by atoms with Gasteiger partial charge in [-0.15, -0.1) is 0 Å². The summed E-state index contributed by atoms with van der Waals surface area (Å²) in [6, 6.07) is 8.66. The van der Waals surface area contributed by atoms with Gasteiger partial charge in [0.25, 0.3) is 0 Å². The topological polar surface area (TPSA) is 74.9 Å². The van der Waals surface area contributed by atoms with Gasteiger partial charge in [0.05, 0.1) is 5.69 Å². The Balaban J connectivity index is 2.52. The molecule has 0 unspecified atom stereocenters. The summed E-state index contributed by atoms with van der Waals surface area (Å²) in [6.07, 6.45) is 0. The molecule has 2 aromatic rings. The predicted molar refractivity (Wildman–Crippen MR) is 50.1 cm³/mol. The van der Waals surface area contributed by atoms with Crippen molar-refractivity contribution >= 4 is 5.82 Å². The summed E-state index contributed by atoms with van der Waals surface area (Å²) in [4.78, 5) is 0. The van der Waals surface area contributed by atoms with Gasteiger partial charge in [0.15, 0.2) is 0 Å². The van der Waals surface area contributed by atoms with Crippen LogP contribution in [0, 0.1) is 0 Å². The van der Waals surface area contributed by atoms with E-state index in [9.17, 15) is 5.11 Å². The van der Waals surface area contributed by atoms with Gasteiger partial charge in [-0.25, -0.2) is 0 Å². The second kappa shape index (κ2) is 2.82. The van der Waals surface area contributed by atoms with Gasteiger partial charge < -0.3 is 10.8 Å². The normalized spacial score (nSPS) is 10.2. The molecule has 1 heterocycles. The quantitative estimate of drug-likeness (QED) is 0.612. The highest BCUT2D eigenvalue weighted by atomic mass is 16.3. The van der Waals surface area contributed by atoms with E-state index in [-0.39, 0.29) is 5.75 Å². The maximum absolute atomic E-state index is 9.48. The number of anilines is 1. The first kappa shape index (κ1) is 7.67. The Morgan fingerprint density at radius 2 is 2.08 bits per heavy atom.